The maximum absolute atomic E-state index is 11.2. The largest absolute Gasteiger partial charge is 0.389 e. The summed E-state index contributed by atoms with van der Waals surface area (Å²) in [5.41, 5.74) is 1.13. The topological polar surface area (TPSA) is 80.1 Å². The first-order valence-corrected chi connectivity index (χ1v) is 24.2. The van der Waals surface area contributed by atoms with Gasteiger partial charge in [0.15, 0.2) is 0 Å². The van der Waals surface area contributed by atoms with Crippen LogP contribution in [-0.2, 0) is 17.6 Å². The first-order valence-electron chi connectivity index (χ1n) is 23.8. The van der Waals surface area contributed by atoms with Crippen LogP contribution in [0.3, 0.4) is 0 Å². The van der Waals surface area contributed by atoms with E-state index in [4.69, 9.17) is 11.6 Å². The van der Waals surface area contributed by atoms with Crippen LogP contribution in [0.15, 0.2) is 84.9 Å². The van der Waals surface area contributed by atoms with Crippen molar-refractivity contribution in [2.75, 3.05) is 119 Å². The highest BCUT2D eigenvalue weighted by Gasteiger charge is 2.37. The second-order valence-corrected chi connectivity index (χ2v) is 19.5. The van der Waals surface area contributed by atoms with Crippen LogP contribution in [0.1, 0.15) is 77.5 Å². The lowest BCUT2D eigenvalue weighted by atomic mass is 9.80. The Labute approximate surface area is 382 Å². The van der Waals surface area contributed by atoms with E-state index in [0.717, 1.165) is 129 Å². The number of rotatable bonds is 16. The van der Waals surface area contributed by atoms with Crippen LogP contribution >= 0.6 is 11.6 Å². The molecule has 0 bridgehead atoms. The molecule has 0 aliphatic carbocycles. The van der Waals surface area contributed by atoms with Gasteiger partial charge < -0.3 is 44.7 Å². The van der Waals surface area contributed by atoms with Gasteiger partial charge in [0.1, 0.15) is 0 Å². The van der Waals surface area contributed by atoms with Crippen molar-refractivity contribution in [3.05, 3.63) is 107 Å². The van der Waals surface area contributed by atoms with E-state index in [0.29, 0.717) is 11.4 Å². The van der Waals surface area contributed by atoms with Crippen LogP contribution in [0.4, 0.5) is 0 Å². The number of halogens is 1. The minimum atomic E-state index is -0.784. The Kier molecular flexibility index (Phi) is 21.3. The van der Waals surface area contributed by atoms with E-state index in [1.165, 1.54) is 5.56 Å². The third-order valence-corrected chi connectivity index (χ3v) is 14.8. The predicted molar refractivity (Wildman–Crippen MR) is 261 cm³/mol. The molecule has 0 saturated carbocycles. The van der Waals surface area contributed by atoms with Crippen molar-refractivity contribution in [3.8, 4) is 0 Å². The van der Waals surface area contributed by atoms with E-state index < -0.39 is 16.8 Å². The molecule has 0 aromatic heterocycles. The van der Waals surface area contributed by atoms with Crippen molar-refractivity contribution in [2.24, 2.45) is 17.8 Å². The first-order chi connectivity index (χ1) is 29.5. The fourth-order valence-corrected chi connectivity index (χ4v) is 9.59. The van der Waals surface area contributed by atoms with Crippen LogP contribution in [0.25, 0.3) is 0 Å². The Morgan fingerprint density at radius 1 is 0.468 bits per heavy atom. The molecule has 9 nitrogen and oxygen atoms in total. The summed E-state index contributed by atoms with van der Waals surface area (Å²) in [6.07, 6.45) is 3.02. The molecule has 3 aliphatic rings. The highest BCUT2D eigenvalue weighted by atomic mass is 35.5. The number of hydrogen-bond donors (Lipinski definition) is 3. The van der Waals surface area contributed by atoms with Gasteiger partial charge in [-0.25, -0.2) is 0 Å². The lowest BCUT2D eigenvalue weighted by Crippen LogP contribution is -2.50. The Morgan fingerprint density at radius 2 is 0.806 bits per heavy atom. The number of aliphatic hydroxyl groups is 3. The molecule has 3 saturated heterocycles. The van der Waals surface area contributed by atoms with Crippen LogP contribution in [-0.4, -0.2) is 170 Å². The fourth-order valence-electron chi connectivity index (χ4n) is 9.46. The monoisotopic (exact) mass is 877 g/mol. The Morgan fingerprint density at radius 3 is 1.16 bits per heavy atom. The first kappa shape index (κ1) is 52.2. The van der Waals surface area contributed by atoms with Crippen molar-refractivity contribution < 1.29 is 15.3 Å². The molecule has 3 N–H and O–H groups in total. The van der Waals surface area contributed by atoms with Gasteiger partial charge in [0.25, 0.3) is 0 Å². The van der Waals surface area contributed by atoms with Gasteiger partial charge in [-0.15, -0.1) is 0 Å². The molecule has 3 heterocycles. The van der Waals surface area contributed by atoms with Crippen molar-refractivity contribution in [1.29, 1.82) is 0 Å². The van der Waals surface area contributed by atoms with Crippen LogP contribution in [0, 0.1) is 17.8 Å². The van der Waals surface area contributed by atoms with E-state index in [9.17, 15) is 15.3 Å². The molecule has 6 unspecified atom stereocenters. The average molecular weight is 878 g/mol. The zero-order valence-electron chi connectivity index (χ0n) is 40.2. The predicted octanol–water partition coefficient (Wildman–Crippen LogP) is 7.24. The zero-order chi connectivity index (χ0) is 45.3. The number of likely N-dealkylation sites (N-methyl/N-ethyl adjacent to an activating group) is 3. The quantitative estimate of drug-likeness (QED) is 0.138. The van der Waals surface area contributed by atoms with E-state index >= 15 is 0 Å². The van der Waals surface area contributed by atoms with Crippen LogP contribution < -0.4 is 0 Å². The average Bonchev–Trinajstić information content (AvgIpc) is 3.29. The van der Waals surface area contributed by atoms with Crippen molar-refractivity contribution in [3.63, 3.8) is 0 Å². The van der Waals surface area contributed by atoms with Gasteiger partial charge in [-0.3, -0.25) is 0 Å². The maximum Gasteiger partial charge on any atom is 0.0931 e. The summed E-state index contributed by atoms with van der Waals surface area (Å²) in [6, 6.07) is 28.1. The minimum absolute atomic E-state index is 0.187. The third-order valence-electron chi connectivity index (χ3n) is 14.6. The summed E-state index contributed by atoms with van der Waals surface area (Å²) in [4.78, 5) is 14.5. The molecule has 348 valence electrons. The second-order valence-electron chi connectivity index (χ2n) is 19.1. The van der Waals surface area contributed by atoms with Gasteiger partial charge in [-0.05, 0) is 75.1 Å². The van der Waals surface area contributed by atoms with E-state index in [1.807, 2.05) is 60.7 Å². The molecular formula is C52H85ClN6O3. The minimum Gasteiger partial charge on any atom is -0.389 e. The van der Waals surface area contributed by atoms with Gasteiger partial charge in [-0.2, -0.15) is 0 Å². The van der Waals surface area contributed by atoms with Gasteiger partial charge in [0, 0.05) is 121 Å². The van der Waals surface area contributed by atoms with E-state index in [-0.39, 0.29) is 17.8 Å². The Hall–Kier alpha value is -2.41. The highest BCUT2D eigenvalue weighted by Crippen LogP contribution is 2.35. The number of hydrogen-bond acceptors (Lipinski definition) is 9. The summed E-state index contributed by atoms with van der Waals surface area (Å²) in [6.45, 7) is 29.0. The molecule has 10 heteroatoms. The van der Waals surface area contributed by atoms with Gasteiger partial charge in [0.05, 0.1) is 16.8 Å². The van der Waals surface area contributed by atoms with Crippen molar-refractivity contribution >= 4 is 11.6 Å². The Bertz CT molecular complexity index is 1650. The summed E-state index contributed by atoms with van der Waals surface area (Å²) >= 11 is 5.96. The molecule has 3 aromatic rings. The lowest BCUT2D eigenvalue weighted by molar-refractivity contribution is -0.0373. The lowest BCUT2D eigenvalue weighted by Gasteiger charge is -2.39. The summed E-state index contributed by atoms with van der Waals surface area (Å²) in [5.74, 6) is 0.705. The highest BCUT2D eigenvalue weighted by molar-refractivity contribution is 6.30. The number of benzene rings is 3. The van der Waals surface area contributed by atoms with E-state index in [1.54, 1.807) is 0 Å². The smallest absolute Gasteiger partial charge is 0.0931 e. The van der Waals surface area contributed by atoms with Gasteiger partial charge in [0.2, 0.25) is 0 Å². The van der Waals surface area contributed by atoms with Crippen molar-refractivity contribution in [1.82, 2.24) is 29.4 Å². The van der Waals surface area contributed by atoms with Gasteiger partial charge in [-0.1, -0.05) is 126 Å². The molecule has 62 heavy (non-hydrogen) atoms. The summed E-state index contributed by atoms with van der Waals surface area (Å²) in [7, 11) is 6.52. The number of piperazine rings is 3. The third kappa shape index (κ3) is 15.4. The van der Waals surface area contributed by atoms with Gasteiger partial charge >= 0.3 is 0 Å². The molecule has 3 aromatic carbocycles. The summed E-state index contributed by atoms with van der Waals surface area (Å²) < 4.78 is 0. The van der Waals surface area contributed by atoms with E-state index in [2.05, 4.69) is 116 Å². The van der Waals surface area contributed by atoms with Crippen LogP contribution in [0.5, 0.6) is 0 Å². The normalized spacial score (nSPS) is 22.1. The molecule has 0 radical (unpaired) electrons. The molecular weight excluding hydrogens is 792 g/mol. The van der Waals surface area contributed by atoms with Crippen molar-refractivity contribution in [2.45, 2.75) is 84.0 Å². The molecule has 0 amide bonds. The molecule has 3 aliphatic heterocycles. The number of nitrogens with zero attached hydrogens (tertiary/aromatic N) is 6. The molecule has 3 fully saturated rings. The van der Waals surface area contributed by atoms with Crippen LogP contribution in [0.2, 0.25) is 5.02 Å². The standard InChI is InChI=1S/C18H30N2O.C17H27ClN2O.C17H28N2O/c1-4-18(21,14-17-8-6-5-7-9-17)16(2)15-20-12-10-19(3)11-13-20;1-4-17(21,15-5-7-16(18)8-6-15)14(2)13-20-11-9-19(3)10-12-20;1-4-17(20,16-8-6-5-7-9-16)15(2)14-19-12-10-18(3)11-13-19/h5-9,16,21H,4,10-15H2,1-3H3;5-8,14,21H,4,9-13H2,1-3H3;5-9,15,20H,4,10-14H2,1-3H3. The fraction of sp³-hybridized carbons (Fsp3) is 0.654. The maximum atomic E-state index is 11.2. The zero-order valence-corrected chi connectivity index (χ0v) is 40.9. The SMILES string of the molecule is CCC(O)(Cc1ccccc1)C(C)CN1CCN(C)CC1.CCC(O)(c1ccc(Cl)cc1)C(C)CN1CCN(C)CC1.CCC(O)(c1ccccc1)C(C)CN1CCN(C)CC1. The molecule has 0 spiro atoms. The summed E-state index contributed by atoms with van der Waals surface area (Å²) in [5, 5.41) is 34.1. The molecule has 6 atom stereocenters. The second kappa shape index (κ2) is 25.3. The molecule has 6 rings (SSSR count). The Balaban J connectivity index is 0.000000205.